The second kappa shape index (κ2) is 7.87. The van der Waals surface area contributed by atoms with Crippen molar-refractivity contribution in [3.05, 3.63) is 0 Å². The smallest absolute Gasteiger partial charge is 0.317 e. The Morgan fingerprint density at radius 1 is 1.10 bits per heavy atom. The highest BCUT2D eigenvalue weighted by molar-refractivity contribution is 5.74. The van der Waals surface area contributed by atoms with Crippen LogP contribution in [0.25, 0.3) is 0 Å². The van der Waals surface area contributed by atoms with Gasteiger partial charge < -0.3 is 10.2 Å². The fraction of sp³-hybridized carbons (Fsp3) is 0.938. The second-order valence-corrected chi connectivity index (χ2v) is 6.43. The zero-order valence-electron chi connectivity index (χ0n) is 13.2. The van der Waals surface area contributed by atoms with Crippen LogP contribution in [-0.4, -0.2) is 54.1 Å². The molecule has 2 amide bonds. The molecule has 0 spiro atoms. The molecule has 1 aliphatic carbocycles. The molecule has 1 saturated heterocycles. The normalized spacial score (nSPS) is 24.2. The summed E-state index contributed by atoms with van der Waals surface area (Å²) in [7, 11) is 0. The van der Waals surface area contributed by atoms with Crippen molar-refractivity contribution in [2.75, 3.05) is 26.2 Å². The van der Waals surface area contributed by atoms with Crippen LogP contribution in [0, 0.1) is 0 Å². The number of hydrogen-bond donors (Lipinski definition) is 1. The molecular formula is C16H31N3O. The third-order valence-electron chi connectivity index (χ3n) is 4.92. The van der Waals surface area contributed by atoms with Crippen LogP contribution < -0.4 is 5.32 Å². The highest BCUT2D eigenvalue weighted by Crippen LogP contribution is 2.22. The molecule has 20 heavy (non-hydrogen) atoms. The van der Waals surface area contributed by atoms with Gasteiger partial charge in [-0.15, -0.1) is 0 Å². The predicted molar refractivity (Wildman–Crippen MR) is 82.9 cm³/mol. The maximum absolute atomic E-state index is 12.1. The van der Waals surface area contributed by atoms with Gasteiger partial charge in [0.15, 0.2) is 0 Å². The molecule has 1 N–H and O–H groups in total. The van der Waals surface area contributed by atoms with Gasteiger partial charge in [0.25, 0.3) is 0 Å². The zero-order valence-corrected chi connectivity index (χ0v) is 13.2. The Morgan fingerprint density at radius 3 is 2.25 bits per heavy atom. The quantitative estimate of drug-likeness (QED) is 0.807. The first-order valence-corrected chi connectivity index (χ1v) is 8.50. The van der Waals surface area contributed by atoms with Gasteiger partial charge in [0.05, 0.1) is 0 Å². The Hall–Kier alpha value is -0.770. The molecule has 4 heteroatoms. The van der Waals surface area contributed by atoms with Crippen molar-refractivity contribution in [2.45, 2.75) is 70.9 Å². The molecule has 1 atom stereocenters. The fourth-order valence-electron chi connectivity index (χ4n) is 3.32. The highest BCUT2D eigenvalue weighted by atomic mass is 16.2. The minimum atomic E-state index is 0.125. The van der Waals surface area contributed by atoms with Crippen molar-refractivity contribution in [1.82, 2.24) is 15.1 Å². The number of carbonyl (C=O) groups excluding carboxylic acids is 1. The Kier molecular flexibility index (Phi) is 6.14. The molecule has 1 heterocycles. The van der Waals surface area contributed by atoms with Crippen LogP contribution in [0.4, 0.5) is 4.79 Å². The minimum Gasteiger partial charge on any atom is -0.336 e. The van der Waals surface area contributed by atoms with Gasteiger partial charge in [0.1, 0.15) is 0 Å². The summed E-state index contributed by atoms with van der Waals surface area (Å²) >= 11 is 0. The first-order chi connectivity index (χ1) is 9.70. The van der Waals surface area contributed by atoms with Crippen molar-refractivity contribution >= 4 is 6.03 Å². The lowest BCUT2D eigenvalue weighted by Gasteiger charge is -2.39. The van der Waals surface area contributed by atoms with Gasteiger partial charge in [-0.05, 0) is 26.2 Å². The number of amides is 2. The lowest BCUT2D eigenvalue weighted by Crippen LogP contribution is -2.55. The van der Waals surface area contributed by atoms with Crippen molar-refractivity contribution in [1.29, 1.82) is 0 Å². The standard InChI is InChI=1S/C16H31N3O/c1-3-14(2)17-16(20)19-12-10-18(11-13-19)15-8-6-4-5-7-9-15/h14-15H,3-13H2,1-2H3,(H,17,20). The average Bonchev–Trinajstić information content (AvgIpc) is 2.76. The van der Waals surface area contributed by atoms with Crippen molar-refractivity contribution in [2.24, 2.45) is 0 Å². The Bertz CT molecular complexity index is 292. The van der Waals surface area contributed by atoms with Crippen LogP contribution >= 0.6 is 0 Å². The summed E-state index contributed by atoms with van der Waals surface area (Å²) in [5.74, 6) is 0. The van der Waals surface area contributed by atoms with E-state index in [2.05, 4.69) is 24.1 Å². The first-order valence-electron chi connectivity index (χ1n) is 8.50. The summed E-state index contributed by atoms with van der Waals surface area (Å²) in [5, 5.41) is 3.07. The summed E-state index contributed by atoms with van der Waals surface area (Å²) < 4.78 is 0. The molecule has 0 aromatic heterocycles. The lowest BCUT2D eigenvalue weighted by molar-refractivity contribution is 0.0999. The molecule has 0 aromatic rings. The van der Waals surface area contributed by atoms with E-state index in [0.717, 1.165) is 38.6 Å². The topological polar surface area (TPSA) is 35.6 Å². The Labute approximate surface area is 123 Å². The van der Waals surface area contributed by atoms with Crippen molar-refractivity contribution < 1.29 is 4.79 Å². The summed E-state index contributed by atoms with van der Waals surface area (Å²) in [4.78, 5) is 16.7. The van der Waals surface area contributed by atoms with Gasteiger partial charge in [0.2, 0.25) is 0 Å². The number of carbonyl (C=O) groups is 1. The maximum atomic E-state index is 12.1. The molecule has 1 unspecified atom stereocenters. The van der Waals surface area contributed by atoms with Gasteiger partial charge in [-0.3, -0.25) is 4.90 Å². The van der Waals surface area contributed by atoms with Gasteiger partial charge in [-0.2, -0.15) is 0 Å². The third-order valence-corrected chi connectivity index (χ3v) is 4.92. The summed E-state index contributed by atoms with van der Waals surface area (Å²) in [6, 6.07) is 1.18. The van der Waals surface area contributed by atoms with E-state index in [1.165, 1.54) is 38.5 Å². The van der Waals surface area contributed by atoms with Crippen LogP contribution in [0.2, 0.25) is 0 Å². The molecule has 1 saturated carbocycles. The molecule has 2 fully saturated rings. The molecule has 0 aromatic carbocycles. The van der Waals surface area contributed by atoms with E-state index >= 15 is 0 Å². The molecule has 2 rings (SSSR count). The van der Waals surface area contributed by atoms with Crippen LogP contribution in [0.3, 0.4) is 0 Å². The van der Waals surface area contributed by atoms with Gasteiger partial charge in [-0.1, -0.05) is 32.6 Å². The summed E-state index contributed by atoms with van der Waals surface area (Å²) in [5.41, 5.74) is 0. The Morgan fingerprint density at radius 2 is 1.70 bits per heavy atom. The molecule has 1 aliphatic heterocycles. The first kappa shape index (κ1) is 15.6. The Balaban J connectivity index is 1.75. The monoisotopic (exact) mass is 281 g/mol. The van der Waals surface area contributed by atoms with Gasteiger partial charge in [0, 0.05) is 38.3 Å². The number of nitrogens with zero attached hydrogens (tertiary/aromatic N) is 2. The van der Waals surface area contributed by atoms with E-state index in [1.54, 1.807) is 0 Å². The fourth-order valence-corrected chi connectivity index (χ4v) is 3.32. The van der Waals surface area contributed by atoms with E-state index in [-0.39, 0.29) is 12.1 Å². The van der Waals surface area contributed by atoms with Crippen LogP contribution in [0.1, 0.15) is 58.8 Å². The summed E-state index contributed by atoms with van der Waals surface area (Å²) in [6.45, 7) is 8.06. The molecule has 4 nitrogen and oxygen atoms in total. The average molecular weight is 281 g/mol. The SMILES string of the molecule is CCC(C)NC(=O)N1CCN(C2CCCCCC2)CC1. The highest BCUT2D eigenvalue weighted by Gasteiger charge is 2.26. The molecule has 0 bridgehead atoms. The molecule has 116 valence electrons. The van der Waals surface area contributed by atoms with Gasteiger partial charge in [-0.25, -0.2) is 4.79 Å². The third kappa shape index (κ3) is 4.37. The maximum Gasteiger partial charge on any atom is 0.317 e. The largest absolute Gasteiger partial charge is 0.336 e. The second-order valence-electron chi connectivity index (χ2n) is 6.43. The number of hydrogen-bond acceptors (Lipinski definition) is 2. The van der Waals surface area contributed by atoms with E-state index in [0.29, 0.717) is 0 Å². The molecule has 0 radical (unpaired) electrons. The number of rotatable bonds is 3. The minimum absolute atomic E-state index is 0.125. The number of urea groups is 1. The van der Waals surface area contributed by atoms with E-state index in [1.807, 2.05) is 4.90 Å². The van der Waals surface area contributed by atoms with E-state index in [4.69, 9.17) is 0 Å². The van der Waals surface area contributed by atoms with E-state index in [9.17, 15) is 4.79 Å². The molecule has 2 aliphatic rings. The van der Waals surface area contributed by atoms with Crippen molar-refractivity contribution in [3.8, 4) is 0 Å². The van der Waals surface area contributed by atoms with Crippen LogP contribution in [-0.2, 0) is 0 Å². The zero-order chi connectivity index (χ0) is 14.4. The van der Waals surface area contributed by atoms with Gasteiger partial charge >= 0.3 is 6.03 Å². The van der Waals surface area contributed by atoms with E-state index < -0.39 is 0 Å². The van der Waals surface area contributed by atoms with Crippen molar-refractivity contribution in [3.63, 3.8) is 0 Å². The predicted octanol–water partition coefficient (Wildman–Crippen LogP) is 2.83. The summed E-state index contributed by atoms with van der Waals surface area (Å²) in [6.07, 6.45) is 9.31. The molecular weight excluding hydrogens is 250 g/mol. The van der Waals surface area contributed by atoms with Crippen LogP contribution in [0.5, 0.6) is 0 Å². The lowest BCUT2D eigenvalue weighted by atomic mass is 10.1. The van der Waals surface area contributed by atoms with Crippen LogP contribution in [0.15, 0.2) is 0 Å². The number of piperazine rings is 1. The number of nitrogens with one attached hydrogen (secondary N) is 1.